The number of aromatic nitrogens is 2. The molecule has 1 fully saturated rings. The Kier molecular flexibility index (Phi) is 3.67. The Morgan fingerprint density at radius 3 is 2.95 bits per heavy atom. The normalized spacial score (nSPS) is 19.4. The molecular weight excluding hydrogens is 306 g/mol. The number of halogens is 3. The molecule has 4 nitrogen and oxygen atoms in total. The zero-order valence-corrected chi connectivity index (χ0v) is 11.9. The van der Waals surface area contributed by atoms with Crippen molar-refractivity contribution in [2.75, 3.05) is 6.61 Å². The van der Waals surface area contributed by atoms with Crippen LogP contribution in [0.1, 0.15) is 35.8 Å². The minimum absolute atomic E-state index is 0.0506. The molecule has 1 aliphatic rings. The Balaban J connectivity index is 2.19. The Bertz CT molecular complexity index is 681. The van der Waals surface area contributed by atoms with Gasteiger partial charge in [0.05, 0.1) is 22.3 Å². The van der Waals surface area contributed by atoms with E-state index in [1.165, 1.54) is 12.3 Å². The molecule has 0 spiro atoms. The number of ether oxygens (including phenoxy) is 1. The van der Waals surface area contributed by atoms with Crippen molar-refractivity contribution in [3.05, 3.63) is 28.7 Å². The smallest absolute Gasteiger partial charge is 0.254 e. The molecule has 0 saturated carbocycles. The maximum absolute atomic E-state index is 13.9. The number of carbonyl (C=O) groups excluding carboxylic acids is 1. The summed E-state index contributed by atoms with van der Waals surface area (Å²) in [6, 6.07) is 1.26. The first kappa shape index (κ1) is 13.8. The SMILES string of the molecule is O=C(Cl)c1c(Cl)c(F)cc2c1cnn2C1CCCCO1. The molecule has 3 rings (SSSR count). The first-order valence-electron chi connectivity index (χ1n) is 6.26. The fourth-order valence-electron chi connectivity index (χ4n) is 2.47. The predicted octanol–water partition coefficient (Wildman–Crippen LogP) is 3.91. The van der Waals surface area contributed by atoms with Gasteiger partial charge >= 0.3 is 0 Å². The molecule has 1 unspecified atom stereocenters. The second kappa shape index (κ2) is 5.31. The molecule has 0 bridgehead atoms. The van der Waals surface area contributed by atoms with Crippen LogP contribution < -0.4 is 0 Å². The van der Waals surface area contributed by atoms with Crippen LogP contribution in [0.2, 0.25) is 5.02 Å². The van der Waals surface area contributed by atoms with Gasteiger partial charge in [-0.1, -0.05) is 11.6 Å². The molecule has 106 valence electrons. The van der Waals surface area contributed by atoms with Gasteiger partial charge in [-0.3, -0.25) is 4.79 Å². The summed E-state index contributed by atoms with van der Waals surface area (Å²) in [5.74, 6) is -0.694. The maximum Gasteiger partial charge on any atom is 0.254 e. The van der Waals surface area contributed by atoms with Crippen molar-refractivity contribution >= 4 is 39.3 Å². The van der Waals surface area contributed by atoms with E-state index >= 15 is 0 Å². The van der Waals surface area contributed by atoms with Gasteiger partial charge in [-0.25, -0.2) is 9.07 Å². The molecule has 1 aromatic carbocycles. The third kappa shape index (κ3) is 2.20. The van der Waals surface area contributed by atoms with Gasteiger partial charge in [0.25, 0.3) is 5.24 Å². The van der Waals surface area contributed by atoms with Crippen molar-refractivity contribution < 1.29 is 13.9 Å². The lowest BCUT2D eigenvalue weighted by Crippen LogP contribution is -2.19. The minimum atomic E-state index is -0.802. The average Bonchev–Trinajstić information content (AvgIpc) is 2.83. The highest BCUT2D eigenvalue weighted by molar-refractivity contribution is 6.69. The number of rotatable bonds is 2. The van der Waals surface area contributed by atoms with Crippen molar-refractivity contribution in [2.24, 2.45) is 0 Å². The molecule has 0 aliphatic carbocycles. The van der Waals surface area contributed by atoms with Crippen LogP contribution in [0.15, 0.2) is 12.3 Å². The van der Waals surface area contributed by atoms with Crippen LogP contribution >= 0.6 is 23.2 Å². The summed E-state index contributed by atoms with van der Waals surface area (Å²) in [6.45, 7) is 0.642. The summed E-state index contributed by atoms with van der Waals surface area (Å²) in [4.78, 5) is 11.5. The molecule has 2 aromatic rings. The van der Waals surface area contributed by atoms with Crippen LogP contribution in [0, 0.1) is 5.82 Å². The lowest BCUT2D eigenvalue weighted by atomic mass is 10.1. The molecule has 1 atom stereocenters. The van der Waals surface area contributed by atoms with Crippen molar-refractivity contribution in [1.29, 1.82) is 0 Å². The van der Waals surface area contributed by atoms with E-state index in [0.29, 0.717) is 17.5 Å². The van der Waals surface area contributed by atoms with E-state index in [-0.39, 0.29) is 16.8 Å². The molecule has 2 heterocycles. The van der Waals surface area contributed by atoms with Crippen LogP contribution in [0.3, 0.4) is 0 Å². The summed E-state index contributed by atoms with van der Waals surface area (Å²) in [5.41, 5.74) is 0.410. The highest BCUT2D eigenvalue weighted by atomic mass is 35.5. The van der Waals surface area contributed by atoms with Gasteiger partial charge in [0.2, 0.25) is 0 Å². The van der Waals surface area contributed by atoms with Crippen LogP contribution in [0.5, 0.6) is 0 Å². The zero-order chi connectivity index (χ0) is 14.3. The van der Waals surface area contributed by atoms with E-state index in [4.69, 9.17) is 27.9 Å². The number of hydrogen-bond acceptors (Lipinski definition) is 3. The van der Waals surface area contributed by atoms with Gasteiger partial charge < -0.3 is 4.74 Å². The van der Waals surface area contributed by atoms with Gasteiger partial charge in [0.15, 0.2) is 6.23 Å². The summed E-state index contributed by atoms with van der Waals surface area (Å²) < 4.78 is 21.1. The van der Waals surface area contributed by atoms with Crippen LogP contribution in [0.4, 0.5) is 4.39 Å². The van der Waals surface area contributed by atoms with E-state index in [1.54, 1.807) is 4.68 Å². The van der Waals surface area contributed by atoms with Crippen LogP contribution in [0.25, 0.3) is 10.9 Å². The van der Waals surface area contributed by atoms with E-state index in [2.05, 4.69) is 5.10 Å². The van der Waals surface area contributed by atoms with E-state index < -0.39 is 11.1 Å². The predicted molar refractivity (Wildman–Crippen MR) is 73.7 cm³/mol. The zero-order valence-electron chi connectivity index (χ0n) is 10.4. The highest BCUT2D eigenvalue weighted by Gasteiger charge is 2.23. The topological polar surface area (TPSA) is 44.1 Å². The second-order valence-corrected chi connectivity index (χ2v) is 5.39. The third-order valence-electron chi connectivity index (χ3n) is 3.42. The third-order valence-corrected chi connectivity index (χ3v) is 3.98. The van der Waals surface area contributed by atoms with Crippen molar-refractivity contribution in [3.63, 3.8) is 0 Å². The fourth-order valence-corrected chi connectivity index (χ4v) is 2.95. The molecule has 7 heteroatoms. The van der Waals surface area contributed by atoms with Crippen LogP contribution in [-0.2, 0) is 4.74 Å². The number of hydrogen-bond donors (Lipinski definition) is 0. The van der Waals surface area contributed by atoms with Crippen molar-refractivity contribution in [3.8, 4) is 0 Å². The van der Waals surface area contributed by atoms with E-state index in [9.17, 15) is 9.18 Å². The molecule has 1 aromatic heterocycles. The van der Waals surface area contributed by atoms with Gasteiger partial charge in [0, 0.05) is 18.1 Å². The lowest BCUT2D eigenvalue weighted by molar-refractivity contribution is -0.0366. The number of carbonyl (C=O) groups is 1. The van der Waals surface area contributed by atoms with Crippen LogP contribution in [-0.4, -0.2) is 21.6 Å². The van der Waals surface area contributed by atoms with Crippen molar-refractivity contribution in [1.82, 2.24) is 9.78 Å². The monoisotopic (exact) mass is 316 g/mol. The summed E-state index contributed by atoms with van der Waals surface area (Å²) >= 11 is 11.3. The Hall–Kier alpha value is -1.17. The van der Waals surface area contributed by atoms with Gasteiger partial charge in [-0.05, 0) is 30.9 Å². The fraction of sp³-hybridized carbons (Fsp3) is 0.385. The summed E-state index contributed by atoms with van der Waals surface area (Å²) in [6.07, 6.45) is 4.03. The largest absolute Gasteiger partial charge is 0.356 e. The highest BCUT2D eigenvalue weighted by Crippen LogP contribution is 2.33. The minimum Gasteiger partial charge on any atom is -0.356 e. The second-order valence-electron chi connectivity index (χ2n) is 4.66. The first-order valence-corrected chi connectivity index (χ1v) is 7.02. The molecule has 20 heavy (non-hydrogen) atoms. The number of fused-ring (bicyclic) bond motifs is 1. The van der Waals surface area contributed by atoms with Gasteiger partial charge in [-0.2, -0.15) is 5.10 Å². The number of benzene rings is 1. The molecule has 0 radical (unpaired) electrons. The van der Waals surface area contributed by atoms with E-state index in [1.807, 2.05) is 0 Å². The molecular formula is C13H11Cl2FN2O2. The Morgan fingerprint density at radius 1 is 1.50 bits per heavy atom. The van der Waals surface area contributed by atoms with Gasteiger partial charge in [-0.15, -0.1) is 0 Å². The standard InChI is InChI=1S/C13H11Cl2FN2O2/c14-12-8(16)5-9-7(11(12)13(15)19)6-17-18(9)10-3-1-2-4-20-10/h5-6,10H,1-4H2. The summed E-state index contributed by atoms with van der Waals surface area (Å²) in [5, 5.41) is 3.56. The quantitative estimate of drug-likeness (QED) is 0.789. The summed E-state index contributed by atoms with van der Waals surface area (Å²) in [7, 11) is 0. The molecule has 1 aliphatic heterocycles. The molecule has 1 saturated heterocycles. The molecule has 0 amide bonds. The van der Waals surface area contributed by atoms with Gasteiger partial charge in [0.1, 0.15) is 5.82 Å². The Labute approximate surface area is 124 Å². The maximum atomic E-state index is 13.9. The Morgan fingerprint density at radius 2 is 2.30 bits per heavy atom. The number of nitrogens with zero attached hydrogens (tertiary/aromatic N) is 2. The lowest BCUT2D eigenvalue weighted by Gasteiger charge is -2.23. The van der Waals surface area contributed by atoms with Crippen molar-refractivity contribution in [2.45, 2.75) is 25.5 Å². The molecule has 0 N–H and O–H groups in total. The first-order chi connectivity index (χ1) is 9.59. The average molecular weight is 317 g/mol. The van der Waals surface area contributed by atoms with E-state index in [0.717, 1.165) is 19.3 Å².